The molecule has 0 aliphatic carbocycles. The van der Waals surface area contributed by atoms with Crippen molar-refractivity contribution in [2.75, 3.05) is 31.1 Å². The zero-order chi connectivity index (χ0) is 20.1. The minimum absolute atomic E-state index is 0.00436. The van der Waals surface area contributed by atoms with Gasteiger partial charge in [0.05, 0.1) is 0 Å². The van der Waals surface area contributed by atoms with Crippen LogP contribution in [0.1, 0.15) is 24.2 Å². The molecular weight excluding hydrogens is 354 g/mol. The van der Waals surface area contributed by atoms with Crippen LogP contribution in [0.5, 0.6) is 5.75 Å². The van der Waals surface area contributed by atoms with E-state index in [0.29, 0.717) is 31.7 Å². The fourth-order valence-electron chi connectivity index (χ4n) is 3.37. The molecule has 1 fully saturated rings. The van der Waals surface area contributed by atoms with E-state index in [1.165, 1.54) is 0 Å². The Kier molecular flexibility index (Phi) is 6.19. The van der Waals surface area contributed by atoms with Gasteiger partial charge in [-0.15, -0.1) is 0 Å². The molecule has 3 rings (SSSR count). The number of phenols is 1. The van der Waals surface area contributed by atoms with E-state index in [2.05, 4.69) is 10.2 Å². The van der Waals surface area contributed by atoms with Gasteiger partial charge >= 0.3 is 0 Å². The predicted molar refractivity (Wildman–Crippen MR) is 109 cm³/mol. The molecule has 1 aliphatic heterocycles. The highest BCUT2D eigenvalue weighted by Gasteiger charge is 2.31. The molecule has 2 N–H and O–H groups in total. The summed E-state index contributed by atoms with van der Waals surface area (Å²) in [5.41, 5.74) is 1.58. The Balaban J connectivity index is 1.61. The van der Waals surface area contributed by atoms with E-state index in [1.54, 1.807) is 24.3 Å². The molecule has 1 saturated heterocycles. The Hall–Kier alpha value is -3.02. The topological polar surface area (TPSA) is 72.9 Å². The minimum atomic E-state index is -0.548. The third-order valence-corrected chi connectivity index (χ3v) is 5.06. The quantitative estimate of drug-likeness (QED) is 0.835. The van der Waals surface area contributed by atoms with E-state index in [9.17, 15) is 14.7 Å². The summed E-state index contributed by atoms with van der Waals surface area (Å²) in [7, 11) is 0. The van der Waals surface area contributed by atoms with Gasteiger partial charge in [-0.3, -0.25) is 9.59 Å². The lowest BCUT2D eigenvalue weighted by Crippen LogP contribution is -2.56. The summed E-state index contributed by atoms with van der Waals surface area (Å²) < 4.78 is 0. The maximum Gasteiger partial charge on any atom is 0.251 e. The van der Waals surface area contributed by atoms with Gasteiger partial charge in [0.2, 0.25) is 5.91 Å². The number of carbonyl (C=O) groups is 2. The van der Waals surface area contributed by atoms with E-state index in [0.717, 1.165) is 5.69 Å². The Morgan fingerprint density at radius 1 is 0.929 bits per heavy atom. The lowest BCUT2D eigenvalue weighted by Gasteiger charge is -2.38. The fraction of sp³-hybridized carbons (Fsp3) is 0.364. The number of hydrogen-bond acceptors (Lipinski definition) is 4. The van der Waals surface area contributed by atoms with Crippen LogP contribution in [0.4, 0.5) is 5.69 Å². The summed E-state index contributed by atoms with van der Waals surface area (Å²) in [6.07, 6.45) is 0. The molecule has 1 atom stereocenters. The van der Waals surface area contributed by atoms with Crippen molar-refractivity contribution in [2.24, 2.45) is 5.92 Å². The fourth-order valence-corrected chi connectivity index (χ4v) is 3.37. The SMILES string of the molecule is CC(C)[C@H](NC(=O)c1ccccc1)C(=O)N1CCN(c2ccc(O)cc2)CC1. The number of aromatic hydroxyl groups is 1. The number of anilines is 1. The van der Waals surface area contributed by atoms with Crippen molar-refractivity contribution < 1.29 is 14.7 Å². The van der Waals surface area contributed by atoms with Crippen molar-refractivity contribution in [1.29, 1.82) is 0 Å². The lowest BCUT2D eigenvalue weighted by molar-refractivity contribution is -0.134. The summed E-state index contributed by atoms with van der Waals surface area (Å²) in [5, 5.41) is 12.3. The normalized spacial score (nSPS) is 15.4. The van der Waals surface area contributed by atoms with Gasteiger partial charge in [-0.25, -0.2) is 0 Å². The van der Waals surface area contributed by atoms with Gasteiger partial charge in [0, 0.05) is 37.4 Å². The number of nitrogens with one attached hydrogen (secondary N) is 1. The molecule has 1 heterocycles. The van der Waals surface area contributed by atoms with Gasteiger partial charge in [0.1, 0.15) is 11.8 Å². The monoisotopic (exact) mass is 381 g/mol. The summed E-state index contributed by atoms with van der Waals surface area (Å²) in [4.78, 5) is 29.6. The summed E-state index contributed by atoms with van der Waals surface area (Å²) in [6.45, 7) is 6.53. The number of amides is 2. The lowest BCUT2D eigenvalue weighted by atomic mass is 10.0. The van der Waals surface area contributed by atoms with Crippen LogP contribution in [0.3, 0.4) is 0 Å². The minimum Gasteiger partial charge on any atom is -0.508 e. The van der Waals surface area contributed by atoms with Crippen molar-refractivity contribution in [2.45, 2.75) is 19.9 Å². The number of rotatable bonds is 5. The van der Waals surface area contributed by atoms with Crippen molar-refractivity contribution in [3.63, 3.8) is 0 Å². The molecule has 0 bridgehead atoms. The number of hydrogen-bond donors (Lipinski definition) is 2. The number of benzene rings is 2. The van der Waals surface area contributed by atoms with Gasteiger partial charge < -0.3 is 20.2 Å². The summed E-state index contributed by atoms with van der Waals surface area (Å²) >= 11 is 0. The molecule has 6 heteroatoms. The Labute approximate surface area is 165 Å². The Bertz CT molecular complexity index is 798. The van der Waals surface area contributed by atoms with Crippen molar-refractivity contribution in [1.82, 2.24) is 10.2 Å². The van der Waals surface area contributed by atoms with Crippen molar-refractivity contribution >= 4 is 17.5 Å². The van der Waals surface area contributed by atoms with E-state index in [-0.39, 0.29) is 23.5 Å². The number of piperazine rings is 1. The van der Waals surface area contributed by atoms with Crippen LogP contribution in [0.2, 0.25) is 0 Å². The zero-order valence-corrected chi connectivity index (χ0v) is 16.3. The van der Waals surface area contributed by atoms with Crippen molar-refractivity contribution in [3.05, 3.63) is 60.2 Å². The molecule has 28 heavy (non-hydrogen) atoms. The molecule has 1 aliphatic rings. The molecule has 2 aromatic carbocycles. The number of phenolic OH excluding ortho intramolecular Hbond substituents is 1. The average molecular weight is 381 g/mol. The largest absolute Gasteiger partial charge is 0.508 e. The van der Waals surface area contributed by atoms with Gasteiger partial charge in [-0.2, -0.15) is 0 Å². The first kappa shape index (κ1) is 19.7. The van der Waals surface area contributed by atoms with Crippen LogP contribution in [-0.2, 0) is 4.79 Å². The third kappa shape index (κ3) is 4.63. The molecule has 2 amide bonds. The first-order valence-electron chi connectivity index (χ1n) is 9.64. The van der Waals surface area contributed by atoms with Gasteiger partial charge in [-0.1, -0.05) is 32.0 Å². The van der Waals surface area contributed by atoms with E-state index < -0.39 is 6.04 Å². The van der Waals surface area contributed by atoms with Crippen LogP contribution < -0.4 is 10.2 Å². The highest BCUT2D eigenvalue weighted by atomic mass is 16.3. The van der Waals surface area contributed by atoms with Crippen molar-refractivity contribution in [3.8, 4) is 5.75 Å². The van der Waals surface area contributed by atoms with E-state index in [4.69, 9.17) is 0 Å². The first-order chi connectivity index (χ1) is 13.5. The number of carbonyl (C=O) groups excluding carboxylic acids is 2. The third-order valence-electron chi connectivity index (χ3n) is 5.06. The predicted octanol–water partition coefficient (Wildman–Crippen LogP) is 2.50. The van der Waals surface area contributed by atoms with Crippen LogP contribution in [0.25, 0.3) is 0 Å². The molecule has 0 unspecified atom stereocenters. The summed E-state index contributed by atoms with van der Waals surface area (Å²) in [6, 6.07) is 15.5. The molecule has 2 aromatic rings. The second-order valence-corrected chi connectivity index (χ2v) is 7.39. The first-order valence-corrected chi connectivity index (χ1v) is 9.64. The van der Waals surface area contributed by atoms with Gasteiger partial charge in [0.25, 0.3) is 5.91 Å². The summed E-state index contributed by atoms with van der Waals surface area (Å²) in [5.74, 6) is -0.0261. The number of nitrogens with zero attached hydrogens (tertiary/aromatic N) is 2. The second kappa shape index (κ2) is 8.78. The molecule has 0 saturated carbocycles. The van der Waals surface area contributed by atoms with Crippen LogP contribution in [0, 0.1) is 5.92 Å². The van der Waals surface area contributed by atoms with Gasteiger partial charge in [-0.05, 0) is 42.3 Å². The molecule has 0 spiro atoms. The smallest absolute Gasteiger partial charge is 0.251 e. The Morgan fingerprint density at radius 2 is 1.54 bits per heavy atom. The van der Waals surface area contributed by atoms with Crippen LogP contribution in [-0.4, -0.2) is 54.0 Å². The Morgan fingerprint density at radius 3 is 2.11 bits per heavy atom. The maximum absolute atomic E-state index is 13.1. The zero-order valence-electron chi connectivity index (χ0n) is 16.3. The maximum atomic E-state index is 13.1. The van der Waals surface area contributed by atoms with E-state index >= 15 is 0 Å². The average Bonchev–Trinajstić information content (AvgIpc) is 2.72. The van der Waals surface area contributed by atoms with Crippen LogP contribution in [0.15, 0.2) is 54.6 Å². The molecule has 0 aromatic heterocycles. The highest BCUT2D eigenvalue weighted by Crippen LogP contribution is 2.20. The molecule has 6 nitrogen and oxygen atoms in total. The molecular formula is C22H27N3O3. The van der Waals surface area contributed by atoms with Gasteiger partial charge in [0.15, 0.2) is 0 Å². The standard InChI is InChI=1S/C22H27N3O3/c1-16(2)20(23-21(27)17-6-4-3-5-7-17)22(28)25-14-12-24(13-15-25)18-8-10-19(26)11-9-18/h3-11,16,20,26H,12-15H2,1-2H3,(H,23,27)/t20-/m0/s1. The van der Waals surface area contributed by atoms with E-state index in [1.807, 2.05) is 49.1 Å². The van der Waals surface area contributed by atoms with Crippen LogP contribution >= 0.6 is 0 Å². The second-order valence-electron chi connectivity index (χ2n) is 7.39. The molecule has 148 valence electrons. The highest BCUT2D eigenvalue weighted by molar-refractivity contribution is 5.97. The molecule has 0 radical (unpaired) electrons.